The topological polar surface area (TPSA) is 58.4 Å². The van der Waals surface area contributed by atoms with E-state index in [0.29, 0.717) is 6.04 Å². The molecule has 21 heavy (non-hydrogen) atoms. The van der Waals surface area contributed by atoms with Gasteiger partial charge in [0.05, 0.1) is 5.54 Å². The zero-order valence-electron chi connectivity index (χ0n) is 13.4. The van der Waals surface area contributed by atoms with Crippen molar-refractivity contribution >= 4 is 11.6 Å². The van der Waals surface area contributed by atoms with E-state index in [4.69, 9.17) is 5.73 Å². The van der Waals surface area contributed by atoms with Crippen molar-refractivity contribution in [3.05, 3.63) is 29.8 Å². The molecule has 0 aromatic heterocycles. The summed E-state index contributed by atoms with van der Waals surface area (Å²) in [5.74, 6) is -0.254. The second kappa shape index (κ2) is 6.48. The minimum atomic E-state index is -0.614. The number of nitrogens with zero attached hydrogens (tertiary/aromatic N) is 1. The molecule has 2 rings (SSSR count). The van der Waals surface area contributed by atoms with Crippen LogP contribution in [0.4, 0.5) is 5.69 Å². The third-order valence-electron chi connectivity index (χ3n) is 4.36. The summed E-state index contributed by atoms with van der Waals surface area (Å²) in [5.41, 5.74) is 7.50. The largest absolute Gasteiger partial charge is 0.372 e. The maximum Gasteiger partial charge on any atom is 0.237 e. The van der Waals surface area contributed by atoms with E-state index in [1.807, 2.05) is 6.92 Å². The van der Waals surface area contributed by atoms with Crippen molar-refractivity contribution in [1.82, 2.24) is 5.32 Å². The highest BCUT2D eigenvalue weighted by atomic mass is 16.1. The lowest BCUT2D eigenvalue weighted by molar-refractivity contribution is -0.124. The summed E-state index contributed by atoms with van der Waals surface area (Å²) in [6, 6.07) is 8.83. The van der Waals surface area contributed by atoms with Gasteiger partial charge in [-0.3, -0.25) is 4.79 Å². The summed E-state index contributed by atoms with van der Waals surface area (Å²) in [5, 5.41) is 3.41. The molecule has 1 unspecified atom stereocenters. The van der Waals surface area contributed by atoms with Gasteiger partial charge >= 0.3 is 0 Å². The summed E-state index contributed by atoms with van der Waals surface area (Å²) in [6.45, 7) is 7.93. The second-order valence-electron chi connectivity index (χ2n) is 6.23. The SMILES string of the molecule is CCN(CCC(C)(NC1CC1)C(N)=O)c1ccccc1C. The number of hydrogen-bond donors (Lipinski definition) is 2. The zero-order chi connectivity index (χ0) is 15.5. The van der Waals surface area contributed by atoms with E-state index >= 15 is 0 Å². The molecule has 1 atom stereocenters. The minimum Gasteiger partial charge on any atom is -0.372 e. The number of nitrogens with one attached hydrogen (secondary N) is 1. The first-order chi connectivity index (χ1) is 9.96. The predicted molar refractivity (Wildman–Crippen MR) is 87.4 cm³/mol. The van der Waals surface area contributed by atoms with E-state index in [-0.39, 0.29) is 5.91 Å². The first-order valence-electron chi connectivity index (χ1n) is 7.84. The average molecular weight is 289 g/mol. The lowest BCUT2D eigenvalue weighted by Gasteiger charge is -2.32. The molecule has 116 valence electrons. The number of aryl methyl sites for hydroxylation is 1. The Morgan fingerprint density at radius 3 is 2.62 bits per heavy atom. The molecular weight excluding hydrogens is 262 g/mol. The summed E-state index contributed by atoms with van der Waals surface area (Å²) < 4.78 is 0. The van der Waals surface area contributed by atoms with E-state index in [1.165, 1.54) is 11.3 Å². The van der Waals surface area contributed by atoms with Crippen molar-refractivity contribution in [2.75, 3.05) is 18.0 Å². The van der Waals surface area contributed by atoms with Crippen LogP contribution >= 0.6 is 0 Å². The van der Waals surface area contributed by atoms with Crippen LogP contribution in [-0.4, -0.2) is 30.6 Å². The fourth-order valence-electron chi connectivity index (χ4n) is 2.67. The van der Waals surface area contributed by atoms with Crippen LogP contribution in [-0.2, 0) is 4.79 Å². The summed E-state index contributed by atoms with van der Waals surface area (Å²) in [7, 11) is 0. The molecule has 4 heteroatoms. The van der Waals surface area contributed by atoms with Gasteiger partial charge < -0.3 is 16.0 Å². The molecule has 1 aromatic rings. The highest BCUT2D eigenvalue weighted by molar-refractivity contribution is 5.84. The van der Waals surface area contributed by atoms with E-state index in [9.17, 15) is 4.79 Å². The van der Waals surface area contributed by atoms with Gasteiger partial charge in [0.1, 0.15) is 0 Å². The number of para-hydroxylation sites is 1. The number of carbonyl (C=O) groups is 1. The Morgan fingerprint density at radius 1 is 1.43 bits per heavy atom. The maximum atomic E-state index is 11.8. The Balaban J connectivity index is 2.04. The van der Waals surface area contributed by atoms with E-state index in [2.05, 4.69) is 48.3 Å². The second-order valence-corrected chi connectivity index (χ2v) is 6.23. The Kier molecular flexibility index (Phi) is 4.88. The van der Waals surface area contributed by atoms with Crippen LogP contribution in [0.15, 0.2) is 24.3 Å². The molecule has 0 saturated heterocycles. The van der Waals surface area contributed by atoms with Crippen molar-refractivity contribution in [2.24, 2.45) is 5.73 Å². The van der Waals surface area contributed by atoms with Gasteiger partial charge in [-0.25, -0.2) is 0 Å². The molecule has 4 nitrogen and oxygen atoms in total. The number of hydrogen-bond acceptors (Lipinski definition) is 3. The van der Waals surface area contributed by atoms with E-state index in [0.717, 1.165) is 32.4 Å². The molecule has 1 amide bonds. The molecule has 0 radical (unpaired) electrons. The van der Waals surface area contributed by atoms with Crippen LogP contribution in [0.5, 0.6) is 0 Å². The molecule has 1 saturated carbocycles. The molecule has 3 N–H and O–H groups in total. The molecule has 1 aromatic carbocycles. The number of primary amides is 1. The third-order valence-corrected chi connectivity index (χ3v) is 4.36. The van der Waals surface area contributed by atoms with Crippen LogP contribution < -0.4 is 16.0 Å². The zero-order valence-corrected chi connectivity index (χ0v) is 13.4. The lowest BCUT2D eigenvalue weighted by atomic mass is 9.96. The first-order valence-corrected chi connectivity index (χ1v) is 7.84. The molecule has 0 spiro atoms. The third kappa shape index (κ3) is 3.97. The fraction of sp³-hybridized carbons (Fsp3) is 0.588. The first kappa shape index (κ1) is 15.8. The van der Waals surface area contributed by atoms with E-state index in [1.54, 1.807) is 0 Å². The number of amides is 1. The summed E-state index contributed by atoms with van der Waals surface area (Å²) in [4.78, 5) is 14.1. The van der Waals surface area contributed by atoms with Gasteiger partial charge in [0.2, 0.25) is 5.91 Å². The number of nitrogens with two attached hydrogens (primary N) is 1. The Morgan fingerprint density at radius 2 is 2.10 bits per heavy atom. The van der Waals surface area contributed by atoms with E-state index < -0.39 is 5.54 Å². The van der Waals surface area contributed by atoms with Crippen LogP contribution in [0.1, 0.15) is 38.7 Å². The molecule has 0 bridgehead atoms. The van der Waals surface area contributed by atoms with Crippen molar-refractivity contribution in [1.29, 1.82) is 0 Å². The standard InChI is InChI=1S/C17H27N3O/c1-4-20(15-8-6-5-7-13(15)2)12-11-17(3,16(18)21)19-14-9-10-14/h5-8,14,19H,4,9-12H2,1-3H3,(H2,18,21). The van der Waals surface area contributed by atoms with Crippen molar-refractivity contribution < 1.29 is 4.79 Å². The van der Waals surface area contributed by atoms with Crippen LogP contribution in [0.2, 0.25) is 0 Å². The van der Waals surface area contributed by atoms with Gasteiger partial charge in [0.25, 0.3) is 0 Å². The van der Waals surface area contributed by atoms with Crippen molar-refractivity contribution in [3.8, 4) is 0 Å². The van der Waals surface area contributed by atoms with Gasteiger partial charge in [-0.1, -0.05) is 18.2 Å². The van der Waals surface area contributed by atoms with Gasteiger partial charge in [0, 0.05) is 24.8 Å². The average Bonchev–Trinajstić information content (AvgIpc) is 3.25. The lowest BCUT2D eigenvalue weighted by Crippen LogP contribution is -2.55. The summed E-state index contributed by atoms with van der Waals surface area (Å²) >= 11 is 0. The highest BCUT2D eigenvalue weighted by Gasteiger charge is 2.37. The molecule has 0 aliphatic heterocycles. The monoisotopic (exact) mass is 289 g/mol. The molecule has 1 aliphatic rings. The molecule has 0 heterocycles. The van der Waals surface area contributed by atoms with Gasteiger partial charge in [-0.15, -0.1) is 0 Å². The smallest absolute Gasteiger partial charge is 0.237 e. The van der Waals surface area contributed by atoms with Gasteiger partial charge in [0.15, 0.2) is 0 Å². The van der Waals surface area contributed by atoms with Gasteiger partial charge in [-0.2, -0.15) is 0 Å². The van der Waals surface area contributed by atoms with Gasteiger partial charge in [-0.05, 0) is 51.7 Å². The number of rotatable bonds is 8. The van der Waals surface area contributed by atoms with Crippen LogP contribution in [0, 0.1) is 6.92 Å². The molecule has 1 aliphatic carbocycles. The Labute approximate surface area is 127 Å². The highest BCUT2D eigenvalue weighted by Crippen LogP contribution is 2.25. The van der Waals surface area contributed by atoms with Crippen molar-refractivity contribution in [3.63, 3.8) is 0 Å². The van der Waals surface area contributed by atoms with Crippen LogP contribution in [0.25, 0.3) is 0 Å². The molecular formula is C17H27N3O. The summed E-state index contributed by atoms with van der Waals surface area (Å²) in [6.07, 6.45) is 3.03. The van der Waals surface area contributed by atoms with Crippen LogP contribution in [0.3, 0.4) is 0 Å². The number of carbonyl (C=O) groups excluding carboxylic acids is 1. The van der Waals surface area contributed by atoms with Crippen molar-refractivity contribution in [2.45, 2.75) is 51.6 Å². The predicted octanol–water partition coefficient (Wildman–Crippen LogP) is 2.21. The Bertz CT molecular complexity index is 499. The number of benzene rings is 1. The minimum absolute atomic E-state index is 0.254. The normalized spacial score (nSPS) is 17.3. The quantitative estimate of drug-likeness (QED) is 0.771. The maximum absolute atomic E-state index is 11.8. The number of anilines is 1. The molecule has 1 fully saturated rings. The Hall–Kier alpha value is -1.55. The fourth-order valence-corrected chi connectivity index (χ4v) is 2.67.